The third-order valence-electron chi connectivity index (χ3n) is 3.27. The van der Waals surface area contributed by atoms with Gasteiger partial charge in [0.2, 0.25) is 0 Å². The van der Waals surface area contributed by atoms with Crippen LogP contribution in [0, 0.1) is 0 Å². The lowest BCUT2D eigenvalue weighted by atomic mass is 10.0. The van der Waals surface area contributed by atoms with Crippen molar-refractivity contribution in [1.29, 1.82) is 0 Å². The Morgan fingerprint density at radius 2 is 2.16 bits per heavy atom. The van der Waals surface area contributed by atoms with Crippen LogP contribution in [0.5, 0.6) is 0 Å². The number of aliphatic hydroxyl groups is 1. The molecular weight excluding hydrogens is 266 g/mol. The van der Waals surface area contributed by atoms with Gasteiger partial charge in [-0.1, -0.05) is 28.9 Å². The molecule has 1 aromatic heterocycles. The van der Waals surface area contributed by atoms with Gasteiger partial charge in [-0.3, -0.25) is 0 Å². The first-order valence-corrected chi connectivity index (χ1v) is 6.54. The number of rotatable bonds is 3. The molecule has 0 radical (unpaired) electrons. The van der Waals surface area contributed by atoms with E-state index in [9.17, 15) is 5.11 Å². The lowest BCUT2D eigenvalue weighted by molar-refractivity contribution is 0.0243. The largest absolute Gasteiger partial charge is 0.379 e. The lowest BCUT2D eigenvalue weighted by Crippen LogP contribution is -2.28. The molecule has 0 spiro atoms. The van der Waals surface area contributed by atoms with E-state index in [0.29, 0.717) is 36.1 Å². The molecule has 1 aromatic carbocycles. The predicted molar refractivity (Wildman–Crippen MR) is 69.9 cm³/mol. The molecule has 0 aliphatic carbocycles. The Hall–Kier alpha value is -1.43. The van der Waals surface area contributed by atoms with Crippen LogP contribution in [0.3, 0.4) is 0 Å². The Labute approximate surface area is 115 Å². The zero-order chi connectivity index (χ0) is 13.3. The fourth-order valence-corrected chi connectivity index (χ4v) is 2.29. The molecule has 1 saturated heterocycles. The van der Waals surface area contributed by atoms with Gasteiger partial charge in [-0.2, -0.15) is 4.98 Å². The first kappa shape index (κ1) is 12.6. The summed E-state index contributed by atoms with van der Waals surface area (Å²) in [5.74, 6) is 0.860. The van der Waals surface area contributed by atoms with Gasteiger partial charge < -0.3 is 14.9 Å². The van der Waals surface area contributed by atoms with Crippen LogP contribution in [0.1, 0.15) is 23.7 Å². The summed E-state index contributed by atoms with van der Waals surface area (Å²) in [6, 6.07) is 7.49. The number of halogens is 1. The average Bonchev–Trinajstić information content (AvgIpc) is 3.02. The fourth-order valence-electron chi connectivity index (χ4n) is 2.16. The van der Waals surface area contributed by atoms with Gasteiger partial charge in [0.25, 0.3) is 5.89 Å². The summed E-state index contributed by atoms with van der Waals surface area (Å²) in [5, 5.41) is 18.0. The van der Waals surface area contributed by atoms with Crippen LogP contribution in [-0.2, 0) is 12.0 Å². The first-order chi connectivity index (χ1) is 9.16. The number of nitrogens with one attached hydrogen (secondary N) is 1. The van der Waals surface area contributed by atoms with Crippen LogP contribution in [0.15, 0.2) is 28.8 Å². The van der Waals surface area contributed by atoms with Gasteiger partial charge >= 0.3 is 0 Å². The number of hydrogen-bond donors (Lipinski definition) is 2. The van der Waals surface area contributed by atoms with Crippen molar-refractivity contribution >= 4 is 11.6 Å². The second-order valence-electron chi connectivity index (χ2n) is 4.78. The number of β-amino-alcohol motifs (C(OH)–C–C–N with tert-alkyl or cyclic N) is 1. The number of hydrogen-bond acceptors (Lipinski definition) is 5. The highest BCUT2D eigenvalue weighted by Crippen LogP contribution is 2.26. The lowest BCUT2D eigenvalue weighted by Gasteiger charge is -2.14. The number of benzene rings is 1. The first-order valence-electron chi connectivity index (χ1n) is 6.16. The minimum Gasteiger partial charge on any atom is -0.379 e. The van der Waals surface area contributed by atoms with E-state index >= 15 is 0 Å². The highest BCUT2D eigenvalue weighted by molar-refractivity contribution is 6.30. The molecule has 2 aromatic rings. The van der Waals surface area contributed by atoms with Gasteiger partial charge in [-0.15, -0.1) is 0 Å². The standard InChI is InChI=1S/C13H14ClN3O2/c14-10-3-1-9(2-4-10)7-11-16-12(19-17-11)13(18)5-6-15-8-13/h1-4,15,18H,5-8H2. The number of aromatic nitrogens is 2. The maximum Gasteiger partial charge on any atom is 0.259 e. The molecule has 1 fully saturated rings. The third-order valence-corrected chi connectivity index (χ3v) is 3.53. The van der Waals surface area contributed by atoms with Gasteiger partial charge in [0.05, 0.1) is 0 Å². The summed E-state index contributed by atoms with van der Waals surface area (Å²) in [6.07, 6.45) is 1.15. The summed E-state index contributed by atoms with van der Waals surface area (Å²) in [5.41, 5.74) is 0.0268. The van der Waals surface area contributed by atoms with Crippen molar-refractivity contribution < 1.29 is 9.63 Å². The molecule has 1 aliphatic heterocycles. The maximum absolute atomic E-state index is 10.3. The van der Waals surface area contributed by atoms with E-state index in [0.717, 1.165) is 12.1 Å². The summed E-state index contributed by atoms with van der Waals surface area (Å²) in [7, 11) is 0. The van der Waals surface area contributed by atoms with Crippen molar-refractivity contribution in [1.82, 2.24) is 15.5 Å². The summed E-state index contributed by atoms with van der Waals surface area (Å²) >= 11 is 5.83. The van der Waals surface area contributed by atoms with E-state index in [2.05, 4.69) is 15.5 Å². The highest BCUT2D eigenvalue weighted by Gasteiger charge is 2.38. The monoisotopic (exact) mass is 279 g/mol. The molecule has 1 unspecified atom stereocenters. The fraction of sp³-hybridized carbons (Fsp3) is 0.385. The average molecular weight is 280 g/mol. The van der Waals surface area contributed by atoms with E-state index in [1.807, 2.05) is 24.3 Å². The molecule has 1 atom stereocenters. The Morgan fingerprint density at radius 1 is 1.37 bits per heavy atom. The Kier molecular flexibility index (Phi) is 3.26. The van der Waals surface area contributed by atoms with Gasteiger partial charge in [-0.05, 0) is 30.7 Å². The van der Waals surface area contributed by atoms with Crippen molar-refractivity contribution in [2.45, 2.75) is 18.4 Å². The van der Waals surface area contributed by atoms with Crippen molar-refractivity contribution in [2.24, 2.45) is 0 Å². The normalized spacial score (nSPS) is 22.8. The molecule has 0 amide bonds. The van der Waals surface area contributed by atoms with Crippen molar-refractivity contribution in [3.8, 4) is 0 Å². The Morgan fingerprint density at radius 3 is 2.84 bits per heavy atom. The number of nitrogens with zero attached hydrogens (tertiary/aromatic N) is 2. The molecule has 3 rings (SSSR count). The zero-order valence-electron chi connectivity index (χ0n) is 10.3. The summed E-state index contributed by atoms with van der Waals surface area (Å²) in [4.78, 5) is 4.28. The quantitative estimate of drug-likeness (QED) is 0.891. The van der Waals surface area contributed by atoms with Crippen LogP contribution in [0.4, 0.5) is 0 Å². The summed E-state index contributed by atoms with van der Waals surface area (Å²) < 4.78 is 5.17. The highest BCUT2D eigenvalue weighted by atomic mass is 35.5. The summed E-state index contributed by atoms with van der Waals surface area (Å²) in [6.45, 7) is 1.21. The minimum atomic E-state index is -1.02. The Bertz CT molecular complexity index is 562. The van der Waals surface area contributed by atoms with E-state index in [4.69, 9.17) is 16.1 Å². The van der Waals surface area contributed by atoms with Crippen molar-refractivity contribution in [2.75, 3.05) is 13.1 Å². The molecule has 5 nitrogen and oxygen atoms in total. The van der Waals surface area contributed by atoms with Gasteiger partial charge in [-0.25, -0.2) is 0 Å². The molecule has 2 heterocycles. The Balaban J connectivity index is 1.76. The molecule has 6 heteroatoms. The van der Waals surface area contributed by atoms with Crippen LogP contribution in [0.25, 0.3) is 0 Å². The molecule has 1 aliphatic rings. The van der Waals surface area contributed by atoms with E-state index in [1.54, 1.807) is 0 Å². The molecule has 100 valence electrons. The smallest absolute Gasteiger partial charge is 0.259 e. The second kappa shape index (κ2) is 4.92. The molecular formula is C13H14ClN3O2. The minimum absolute atomic E-state index is 0.293. The molecule has 0 saturated carbocycles. The van der Waals surface area contributed by atoms with Crippen LogP contribution >= 0.6 is 11.6 Å². The maximum atomic E-state index is 10.3. The predicted octanol–water partition coefficient (Wildman–Crippen LogP) is 1.49. The van der Waals surface area contributed by atoms with E-state index < -0.39 is 5.60 Å². The topological polar surface area (TPSA) is 71.2 Å². The zero-order valence-corrected chi connectivity index (χ0v) is 11.0. The van der Waals surface area contributed by atoms with Crippen molar-refractivity contribution in [3.63, 3.8) is 0 Å². The van der Waals surface area contributed by atoms with Gasteiger partial charge in [0, 0.05) is 18.0 Å². The SMILES string of the molecule is OC1(c2nc(Cc3ccc(Cl)cc3)no2)CCNC1. The van der Waals surface area contributed by atoms with E-state index in [-0.39, 0.29) is 0 Å². The van der Waals surface area contributed by atoms with Gasteiger partial charge in [0.15, 0.2) is 11.4 Å². The second-order valence-corrected chi connectivity index (χ2v) is 5.21. The van der Waals surface area contributed by atoms with Crippen LogP contribution < -0.4 is 5.32 Å². The van der Waals surface area contributed by atoms with Crippen LogP contribution in [0.2, 0.25) is 5.02 Å². The van der Waals surface area contributed by atoms with Crippen LogP contribution in [-0.4, -0.2) is 28.3 Å². The third kappa shape index (κ3) is 2.63. The van der Waals surface area contributed by atoms with E-state index in [1.165, 1.54) is 0 Å². The molecule has 0 bridgehead atoms. The molecule has 2 N–H and O–H groups in total. The van der Waals surface area contributed by atoms with Crippen molar-refractivity contribution in [3.05, 3.63) is 46.6 Å². The molecule has 19 heavy (non-hydrogen) atoms. The van der Waals surface area contributed by atoms with Gasteiger partial charge in [0.1, 0.15) is 0 Å².